The van der Waals surface area contributed by atoms with Crippen LogP contribution in [0, 0.1) is 6.92 Å². The molecule has 0 saturated heterocycles. The van der Waals surface area contributed by atoms with E-state index in [-0.39, 0.29) is 0 Å². The van der Waals surface area contributed by atoms with E-state index >= 15 is 0 Å². The third kappa shape index (κ3) is 1.49. The summed E-state index contributed by atoms with van der Waals surface area (Å²) in [5, 5.41) is 7.64. The molecular weight excluding hydrogens is 214 g/mol. The summed E-state index contributed by atoms with van der Waals surface area (Å²) in [5.41, 5.74) is 4.88. The molecule has 0 atom stereocenters. The highest BCUT2D eigenvalue weighted by Crippen LogP contribution is 2.23. The molecule has 1 aromatic carbocycles. The summed E-state index contributed by atoms with van der Waals surface area (Å²) >= 11 is 0. The van der Waals surface area contributed by atoms with E-state index in [1.54, 1.807) is 0 Å². The Morgan fingerprint density at radius 1 is 1.35 bits per heavy atom. The molecule has 0 spiro atoms. The van der Waals surface area contributed by atoms with Gasteiger partial charge in [-0.1, -0.05) is 18.2 Å². The number of benzene rings is 1. The lowest BCUT2D eigenvalue weighted by atomic mass is 10.2. The fourth-order valence-corrected chi connectivity index (χ4v) is 2.28. The second kappa shape index (κ2) is 3.82. The Labute approximate surface area is 99.3 Å². The van der Waals surface area contributed by atoms with Gasteiger partial charge in [-0.3, -0.25) is 4.79 Å². The Morgan fingerprint density at radius 3 is 2.94 bits per heavy atom. The molecule has 0 bridgehead atoms. The Bertz CT molecular complexity index is 586. The highest BCUT2D eigenvalue weighted by atomic mass is 16.1. The van der Waals surface area contributed by atoms with E-state index in [4.69, 9.17) is 0 Å². The van der Waals surface area contributed by atoms with Crippen molar-refractivity contribution in [1.82, 2.24) is 15.1 Å². The molecule has 2 heterocycles. The van der Waals surface area contributed by atoms with Crippen molar-refractivity contribution in [3.63, 3.8) is 0 Å². The maximum absolute atomic E-state index is 11.0. The smallest absolute Gasteiger partial charge is 0.170 e. The van der Waals surface area contributed by atoms with Crippen LogP contribution in [0.3, 0.4) is 0 Å². The molecule has 1 aliphatic rings. The van der Waals surface area contributed by atoms with Gasteiger partial charge in [-0.15, -0.1) is 0 Å². The van der Waals surface area contributed by atoms with E-state index in [0.717, 1.165) is 41.9 Å². The Hall–Kier alpha value is -1.94. The number of para-hydroxylation sites is 1. The highest BCUT2D eigenvalue weighted by molar-refractivity contribution is 5.75. The lowest BCUT2D eigenvalue weighted by Crippen LogP contribution is -2.09. The number of nitrogens with zero attached hydrogens (tertiary/aromatic N) is 2. The van der Waals surface area contributed by atoms with E-state index in [1.165, 1.54) is 0 Å². The molecule has 3 rings (SSSR count). The number of aromatic nitrogens is 2. The van der Waals surface area contributed by atoms with Gasteiger partial charge in [0.25, 0.3) is 0 Å². The normalized spacial score (nSPS) is 13.7. The minimum atomic E-state index is 0.549. The molecule has 1 N–H and O–H groups in total. The summed E-state index contributed by atoms with van der Waals surface area (Å²) < 4.78 is 1.88. The zero-order chi connectivity index (χ0) is 11.8. The van der Waals surface area contributed by atoms with E-state index in [1.807, 2.05) is 35.9 Å². The van der Waals surface area contributed by atoms with Gasteiger partial charge in [0.15, 0.2) is 6.29 Å². The maximum atomic E-state index is 11.0. The SMILES string of the molecule is Cc1ccccc1-n1nc(C=O)c2c1CNC2. The number of hydrogen-bond donors (Lipinski definition) is 1. The van der Waals surface area contributed by atoms with E-state index in [0.29, 0.717) is 5.69 Å². The second-order valence-corrected chi connectivity index (χ2v) is 4.23. The van der Waals surface area contributed by atoms with Crippen molar-refractivity contribution in [2.75, 3.05) is 0 Å². The van der Waals surface area contributed by atoms with Crippen molar-refractivity contribution in [3.8, 4) is 5.69 Å². The van der Waals surface area contributed by atoms with Crippen LogP contribution in [-0.4, -0.2) is 16.1 Å². The Kier molecular flexibility index (Phi) is 2.30. The number of carbonyl (C=O) groups is 1. The van der Waals surface area contributed by atoms with Crippen LogP contribution in [0.1, 0.15) is 27.3 Å². The van der Waals surface area contributed by atoms with Crippen LogP contribution in [0.5, 0.6) is 0 Å². The first-order valence-electron chi connectivity index (χ1n) is 5.64. The van der Waals surface area contributed by atoms with Crippen molar-refractivity contribution < 1.29 is 4.79 Å². The molecule has 0 aliphatic carbocycles. The predicted octanol–water partition coefficient (Wildman–Crippen LogP) is 1.60. The predicted molar refractivity (Wildman–Crippen MR) is 64.2 cm³/mol. The molecule has 0 unspecified atom stereocenters. The first kappa shape index (κ1) is 10.2. The van der Waals surface area contributed by atoms with E-state index in [9.17, 15) is 4.79 Å². The van der Waals surface area contributed by atoms with Gasteiger partial charge < -0.3 is 5.32 Å². The van der Waals surface area contributed by atoms with Gasteiger partial charge in [0.05, 0.1) is 11.4 Å². The number of nitrogens with one attached hydrogen (secondary N) is 1. The number of aldehydes is 1. The number of aryl methyl sites for hydroxylation is 1. The molecule has 0 saturated carbocycles. The fourth-order valence-electron chi connectivity index (χ4n) is 2.28. The molecule has 4 heteroatoms. The highest BCUT2D eigenvalue weighted by Gasteiger charge is 2.22. The van der Waals surface area contributed by atoms with Crippen LogP contribution >= 0.6 is 0 Å². The lowest BCUT2D eigenvalue weighted by molar-refractivity contribution is 0.111. The van der Waals surface area contributed by atoms with Crippen LogP contribution in [0.2, 0.25) is 0 Å². The van der Waals surface area contributed by atoms with Crippen LogP contribution in [0.25, 0.3) is 5.69 Å². The first-order chi connectivity index (χ1) is 8.31. The summed E-state index contributed by atoms with van der Waals surface area (Å²) in [4.78, 5) is 11.0. The number of carbonyl (C=O) groups excluding carboxylic acids is 1. The lowest BCUT2D eigenvalue weighted by Gasteiger charge is -2.08. The zero-order valence-electron chi connectivity index (χ0n) is 9.60. The number of rotatable bonds is 2. The van der Waals surface area contributed by atoms with Gasteiger partial charge in [-0.25, -0.2) is 4.68 Å². The molecule has 0 radical (unpaired) electrons. The zero-order valence-corrected chi connectivity index (χ0v) is 9.60. The summed E-state index contributed by atoms with van der Waals surface area (Å²) in [6.07, 6.45) is 0.834. The molecule has 2 aromatic rings. The summed E-state index contributed by atoms with van der Waals surface area (Å²) in [5.74, 6) is 0. The summed E-state index contributed by atoms with van der Waals surface area (Å²) in [6, 6.07) is 8.06. The van der Waals surface area contributed by atoms with Crippen molar-refractivity contribution in [2.24, 2.45) is 0 Å². The third-order valence-corrected chi connectivity index (χ3v) is 3.17. The number of fused-ring (bicyclic) bond motifs is 1. The third-order valence-electron chi connectivity index (χ3n) is 3.17. The first-order valence-corrected chi connectivity index (χ1v) is 5.64. The topological polar surface area (TPSA) is 46.9 Å². The van der Waals surface area contributed by atoms with Crippen molar-refractivity contribution in [3.05, 3.63) is 46.8 Å². The largest absolute Gasteiger partial charge is 0.307 e. The molecule has 0 amide bonds. The average molecular weight is 227 g/mol. The standard InChI is InChI=1S/C13H13N3O/c1-9-4-2-3-5-12(9)16-13-7-14-6-10(13)11(8-17)15-16/h2-5,8,14H,6-7H2,1H3. The summed E-state index contributed by atoms with van der Waals surface area (Å²) in [6.45, 7) is 3.55. The quantitative estimate of drug-likeness (QED) is 0.793. The van der Waals surface area contributed by atoms with E-state index < -0.39 is 0 Å². The monoisotopic (exact) mass is 227 g/mol. The summed E-state index contributed by atoms with van der Waals surface area (Å²) in [7, 11) is 0. The van der Waals surface area contributed by atoms with Crippen LogP contribution in [0.15, 0.2) is 24.3 Å². The van der Waals surface area contributed by atoms with Gasteiger partial charge in [0.2, 0.25) is 0 Å². The average Bonchev–Trinajstić information content (AvgIpc) is 2.91. The second-order valence-electron chi connectivity index (χ2n) is 4.23. The van der Waals surface area contributed by atoms with Gasteiger partial charge in [0.1, 0.15) is 5.69 Å². The maximum Gasteiger partial charge on any atom is 0.170 e. The fraction of sp³-hybridized carbons (Fsp3) is 0.231. The molecule has 0 fully saturated rings. The molecule has 1 aromatic heterocycles. The molecular formula is C13H13N3O. The van der Waals surface area contributed by atoms with Crippen LogP contribution in [0.4, 0.5) is 0 Å². The van der Waals surface area contributed by atoms with Gasteiger partial charge in [-0.05, 0) is 18.6 Å². The van der Waals surface area contributed by atoms with Crippen molar-refractivity contribution in [2.45, 2.75) is 20.0 Å². The minimum Gasteiger partial charge on any atom is -0.307 e. The van der Waals surface area contributed by atoms with Crippen molar-refractivity contribution >= 4 is 6.29 Å². The molecule has 4 nitrogen and oxygen atoms in total. The Balaban J connectivity index is 2.22. The molecule has 1 aliphatic heterocycles. The van der Waals surface area contributed by atoms with Gasteiger partial charge in [0, 0.05) is 18.7 Å². The Morgan fingerprint density at radius 2 is 2.18 bits per heavy atom. The van der Waals surface area contributed by atoms with Crippen LogP contribution < -0.4 is 5.32 Å². The van der Waals surface area contributed by atoms with E-state index in [2.05, 4.69) is 10.4 Å². The van der Waals surface area contributed by atoms with Crippen LogP contribution in [-0.2, 0) is 13.1 Å². The molecule has 86 valence electrons. The van der Waals surface area contributed by atoms with Gasteiger partial charge in [-0.2, -0.15) is 5.10 Å². The minimum absolute atomic E-state index is 0.549. The molecule has 17 heavy (non-hydrogen) atoms. The van der Waals surface area contributed by atoms with Gasteiger partial charge >= 0.3 is 0 Å². The van der Waals surface area contributed by atoms with Crippen molar-refractivity contribution in [1.29, 1.82) is 0 Å². The number of hydrogen-bond acceptors (Lipinski definition) is 3.